The Morgan fingerprint density at radius 3 is 3.00 bits per heavy atom. The standard InChI is InChI=1S/C13H13NO2/c1-8-2-3-9-7-12-10(13(15)16)4-5-14(12)11(9)6-8/h2-3,6-7,10H,4-5H2,1H3,(H,15,16). The van der Waals surface area contributed by atoms with E-state index < -0.39 is 5.97 Å². The summed E-state index contributed by atoms with van der Waals surface area (Å²) in [6.07, 6.45) is 0.717. The average Bonchev–Trinajstić information content (AvgIpc) is 2.76. The van der Waals surface area contributed by atoms with Crippen molar-refractivity contribution in [2.24, 2.45) is 0 Å². The smallest absolute Gasteiger partial charge is 0.312 e. The van der Waals surface area contributed by atoms with Crippen molar-refractivity contribution in [1.82, 2.24) is 4.57 Å². The van der Waals surface area contributed by atoms with Crippen LogP contribution in [0.1, 0.15) is 23.6 Å². The Balaban J connectivity index is 2.25. The van der Waals surface area contributed by atoms with Crippen LogP contribution in [0, 0.1) is 6.92 Å². The van der Waals surface area contributed by atoms with Gasteiger partial charge in [-0.1, -0.05) is 12.1 Å². The maximum absolute atomic E-state index is 11.1. The lowest BCUT2D eigenvalue weighted by molar-refractivity contribution is -0.138. The lowest BCUT2D eigenvalue weighted by Crippen LogP contribution is -2.07. The number of rotatable bonds is 1. The number of benzene rings is 1. The molecule has 2 aromatic rings. The fourth-order valence-electron chi connectivity index (χ4n) is 2.58. The number of hydrogen-bond acceptors (Lipinski definition) is 1. The van der Waals surface area contributed by atoms with Crippen LogP contribution in [0.25, 0.3) is 10.9 Å². The summed E-state index contributed by atoms with van der Waals surface area (Å²) in [6, 6.07) is 8.27. The highest BCUT2D eigenvalue weighted by molar-refractivity contribution is 5.86. The van der Waals surface area contributed by atoms with Crippen LogP contribution in [0.5, 0.6) is 0 Å². The fourth-order valence-corrected chi connectivity index (χ4v) is 2.58. The van der Waals surface area contributed by atoms with E-state index in [0.29, 0.717) is 6.42 Å². The van der Waals surface area contributed by atoms with Gasteiger partial charge in [-0.05, 0) is 36.4 Å². The molecule has 3 heteroatoms. The molecule has 1 aliphatic heterocycles. The zero-order valence-corrected chi connectivity index (χ0v) is 9.10. The molecule has 0 saturated carbocycles. The van der Waals surface area contributed by atoms with Gasteiger partial charge in [-0.3, -0.25) is 4.79 Å². The lowest BCUT2D eigenvalue weighted by atomic mass is 10.0. The molecular weight excluding hydrogens is 202 g/mol. The highest BCUT2D eigenvalue weighted by Gasteiger charge is 2.29. The maximum Gasteiger partial charge on any atom is 0.312 e. The second kappa shape index (κ2) is 3.11. The predicted molar refractivity (Wildman–Crippen MR) is 61.7 cm³/mol. The van der Waals surface area contributed by atoms with Crippen molar-refractivity contribution in [3.8, 4) is 0 Å². The van der Waals surface area contributed by atoms with Crippen LogP contribution in [0.15, 0.2) is 24.3 Å². The first-order valence-corrected chi connectivity index (χ1v) is 5.49. The summed E-state index contributed by atoms with van der Waals surface area (Å²) in [4.78, 5) is 11.1. The minimum Gasteiger partial charge on any atom is -0.481 e. The summed E-state index contributed by atoms with van der Waals surface area (Å²) in [7, 11) is 0. The van der Waals surface area contributed by atoms with E-state index in [0.717, 1.165) is 17.6 Å². The summed E-state index contributed by atoms with van der Waals surface area (Å²) < 4.78 is 2.14. The van der Waals surface area contributed by atoms with Gasteiger partial charge in [0.2, 0.25) is 0 Å². The van der Waals surface area contributed by atoms with Crippen molar-refractivity contribution in [3.05, 3.63) is 35.5 Å². The van der Waals surface area contributed by atoms with Gasteiger partial charge in [0.15, 0.2) is 0 Å². The minimum atomic E-state index is -0.710. The molecule has 82 valence electrons. The Labute approximate surface area is 93.3 Å². The monoisotopic (exact) mass is 215 g/mol. The summed E-state index contributed by atoms with van der Waals surface area (Å²) in [5, 5.41) is 10.3. The average molecular weight is 215 g/mol. The molecule has 3 nitrogen and oxygen atoms in total. The Hall–Kier alpha value is -1.77. The molecule has 1 N–H and O–H groups in total. The van der Waals surface area contributed by atoms with Crippen LogP contribution in [0.2, 0.25) is 0 Å². The number of aromatic nitrogens is 1. The molecular formula is C13H13NO2. The van der Waals surface area contributed by atoms with Crippen molar-refractivity contribution < 1.29 is 9.90 Å². The molecule has 1 aromatic carbocycles. The van der Waals surface area contributed by atoms with Crippen molar-refractivity contribution >= 4 is 16.9 Å². The zero-order chi connectivity index (χ0) is 11.3. The van der Waals surface area contributed by atoms with Gasteiger partial charge in [-0.25, -0.2) is 0 Å². The normalized spacial score (nSPS) is 18.9. The van der Waals surface area contributed by atoms with Crippen molar-refractivity contribution in [2.75, 3.05) is 0 Å². The molecule has 2 heterocycles. The number of nitrogens with zero attached hydrogens (tertiary/aromatic N) is 1. The van der Waals surface area contributed by atoms with Gasteiger partial charge in [0.1, 0.15) is 0 Å². The molecule has 0 amide bonds. The summed E-state index contributed by atoms with van der Waals surface area (Å²) >= 11 is 0. The van der Waals surface area contributed by atoms with E-state index >= 15 is 0 Å². The van der Waals surface area contributed by atoms with Gasteiger partial charge in [0.25, 0.3) is 0 Å². The molecule has 0 radical (unpaired) electrons. The van der Waals surface area contributed by atoms with Gasteiger partial charge in [-0.2, -0.15) is 0 Å². The van der Waals surface area contributed by atoms with E-state index in [-0.39, 0.29) is 5.92 Å². The lowest BCUT2D eigenvalue weighted by Gasteiger charge is -2.01. The minimum absolute atomic E-state index is 0.326. The third kappa shape index (κ3) is 1.18. The molecule has 0 aliphatic carbocycles. The summed E-state index contributed by atoms with van der Waals surface area (Å²) in [5.41, 5.74) is 3.33. The van der Waals surface area contributed by atoms with E-state index in [9.17, 15) is 4.79 Å². The predicted octanol–water partition coefficient (Wildman–Crippen LogP) is 2.52. The van der Waals surface area contributed by atoms with E-state index in [1.807, 2.05) is 6.07 Å². The number of hydrogen-bond donors (Lipinski definition) is 1. The molecule has 0 saturated heterocycles. The van der Waals surface area contributed by atoms with Crippen LogP contribution in [-0.2, 0) is 11.3 Å². The summed E-state index contributed by atoms with van der Waals surface area (Å²) in [5.74, 6) is -1.04. The molecule has 0 fully saturated rings. The molecule has 1 unspecified atom stereocenters. The van der Waals surface area contributed by atoms with E-state index in [4.69, 9.17) is 5.11 Å². The molecule has 3 rings (SSSR count). The number of fused-ring (bicyclic) bond motifs is 3. The fraction of sp³-hybridized carbons (Fsp3) is 0.308. The van der Waals surface area contributed by atoms with Gasteiger partial charge >= 0.3 is 5.97 Å². The van der Waals surface area contributed by atoms with Gasteiger partial charge < -0.3 is 9.67 Å². The van der Waals surface area contributed by atoms with Crippen molar-refractivity contribution in [2.45, 2.75) is 25.8 Å². The molecule has 0 spiro atoms. The van der Waals surface area contributed by atoms with Crippen molar-refractivity contribution in [3.63, 3.8) is 0 Å². The quantitative estimate of drug-likeness (QED) is 0.794. The Morgan fingerprint density at radius 1 is 1.44 bits per heavy atom. The van der Waals surface area contributed by atoms with Crippen LogP contribution >= 0.6 is 0 Å². The highest BCUT2D eigenvalue weighted by Crippen LogP contribution is 2.34. The zero-order valence-electron chi connectivity index (χ0n) is 9.10. The SMILES string of the molecule is Cc1ccc2cc3n(c2c1)CCC3C(=O)O. The van der Waals surface area contributed by atoms with E-state index in [1.165, 1.54) is 11.1 Å². The van der Waals surface area contributed by atoms with Crippen LogP contribution < -0.4 is 0 Å². The van der Waals surface area contributed by atoms with Crippen LogP contribution in [-0.4, -0.2) is 15.6 Å². The third-order valence-electron chi connectivity index (χ3n) is 3.39. The highest BCUT2D eigenvalue weighted by atomic mass is 16.4. The van der Waals surface area contributed by atoms with E-state index in [2.05, 4.69) is 29.7 Å². The van der Waals surface area contributed by atoms with Gasteiger partial charge in [-0.15, -0.1) is 0 Å². The number of aliphatic carboxylic acids is 1. The summed E-state index contributed by atoms with van der Waals surface area (Å²) in [6.45, 7) is 2.88. The number of carboxylic acids is 1. The van der Waals surface area contributed by atoms with Crippen LogP contribution in [0.3, 0.4) is 0 Å². The largest absolute Gasteiger partial charge is 0.481 e. The first kappa shape index (κ1) is 9.46. The number of aryl methyl sites for hydroxylation is 2. The van der Waals surface area contributed by atoms with Gasteiger partial charge in [0.05, 0.1) is 5.92 Å². The number of carbonyl (C=O) groups is 1. The topological polar surface area (TPSA) is 42.2 Å². The third-order valence-corrected chi connectivity index (χ3v) is 3.39. The van der Waals surface area contributed by atoms with Gasteiger partial charge in [0, 0.05) is 17.8 Å². The van der Waals surface area contributed by atoms with E-state index in [1.54, 1.807) is 0 Å². The second-order valence-corrected chi connectivity index (χ2v) is 4.46. The van der Waals surface area contributed by atoms with Crippen molar-refractivity contribution in [1.29, 1.82) is 0 Å². The molecule has 1 aliphatic rings. The Bertz CT molecular complexity index is 583. The Kier molecular flexibility index (Phi) is 1.84. The molecule has 0 bridgehead atoms. The molecule has 1 atom stereocenters. The Morgan fingerprint density at radius 2 is 2.25 bits per heavy atom. The second-order valence-electron chi connectivity index (χ2n) is 4.46. The first-order valence-electron chi connectivity index (χ1n) is 5.49. The maximum atomic E-state index is 11.1. The van der Waals surface area contributed by atoms with Crippen LogP contribution in [0.4, 0.5) is 0 Å². The molecule has 16 heavy (non-hydrogen) atoms. The first-order chi connectivity index (χ1) is 7.66. The molecule has 1 aromatic heterocycles. The number of carboxylic acid groups (broad SMARTS) is 1.